The number of aliphatic imine (C=N–C) groups is 1. The van der Waals surface area contributed by atoms with Crippen molar-refractivity contribution in [1.29, 1.82) is 0 Å². The van der Waals surface area contributed by atoms with Crippen LogP contribution < -0.4 is 10.9 Å². The molecule has 1 aromatic carbocycles. The minimum absolute atomic E-state index is 0.0434. The maximum Gasteiger partial charge on any atom is 0.416 e. The highest BCUT2D eigenvalue weighted by atomic mass is 35.5. The zero-order valence-electron chi connectivity index (χ0n) is 21.9. The van der Waals surface area contributed by atoms with Crippen LogP contribution in [0.4, 0.5) is 18.3 Å². The molecule has 1 fully saturated rings. The summed E-state index contributed by atoms with van der Waals surface area (Å²) in [5.74, 6) is 6.20. The number of thiazole rings is 1. The molecule has 1 N–H and O–H groups in total. The van der Waals surface area contributed by atoms with E-state index in [0.717, 1.165) is 58.6 Å². The molecule has 0 aliphatic heterocycles. The average molecular weight is 589 g/mol. The fraction of sp³-hybridized carbons (Fsp3) is 0.286. The zero-order valence-corrected chi connectivity index (χ0v) is 23.5. The number of carbonyl (C=O) groups excluding carboxylic acids is 1. The normalized spacial score (nSPS) is 13.3. The van der Waals surface area contributed by atoms with Gasteiger partial charge in [-0.3, -0.25) is 14.9 Å². The standard InChI is InChI=1S/C28H24ClF3N4O3S/c1-15(2)16(3)39-27(33-4)36-14-22(20-11-18(28(30,31)32)8-10-23(20)29)21(12-24(36)37)25(38)35-26-34-13-19(40-26)9-7-17-5-6-17/h8,10-14,17H,5-6H2,1-4H3,(H,34,35,38). The summed E-state index contributed by atoms with van der Waals surface area (Å²) < 4.78 is 47.5. The van der Waals surface area contributed by atoms with Gasteiger partial charge in [0.05, 0.1) is 22.2 Å². The predicted octanol–water partition coefficient (Wildman–Crippen LogP) is 6.82. The molecule has 0 bridgehead atoms. The first kappa shape index (κ1) is 29.1. The van der Waals surface area contributed by atoms with Crippen molar-refractivity contribution in [2.75, 3.05) is 12.4 Å². The molecule has 2 aromatic heterocycles. The first-order valence-corrected chi connectivity index (χ1v) is 13.3. The van der Waals surface area contributed by atoms with Crippen molar-refractivity contribution in [3.63, 3.8) is 0 Å². The van der Waals surface area contributed by atoms with Crippen molar-refractivity contribution in [3.05, 3.63) is 79.4 Å². The number of carbonyl (C=O) groups is 1. The summed E-state index contributed by atoms with van der Waals surface area (Å²) in [7, 11) is 1.39. The monoisotopic (exact) mass is 588 g/mol. The molecule has 1 aliphatic rings. The van der Waals surface area contributed by atoms with Crippen LogP contribution in [0.25, 0.3) is 11.1 Å². The Hall–Kier alpha value is -3.88. The van der Waals surface area contributed by atoms with Crippen LogP contribution in [-0.2, 0) is 10.9 Å². The molecular formula is C28H24ClF3N4O3S. The second-order valence-electron chi connectivity index (χ2n) is 9.19. The summed E-state index contributed by atoms with van der Waals surface area (Å²) in [4.78, 5) is 35.4. The van der Waals surface area contributed by atoms with Crippen LogP contribution >= 0.6 is 22.9 Å². The molecule has 0 spiro atoms. The molecule has 0 atom stereocenters. The van der Waals surface area contributed by atoms with Crippen molar-refractivity contribution in [1.82, 2.24) is 9.55 Å². The summed E-state index contributed by atoms with van der Waals surface area (Å²) in [6.45, 7) is 5.28. The Bertz CT molecular complexity index is 1650. The van der Waals surface area contributed by atoms with Crippen LogP contribution in [-0.4, -0.2) is 28.5 Å². The quantitative estimate of drug-likeness (QED) is 0.157. The fourth-order valence-electron chi connectivity index (χ4n) is 3.39. The molecule has 0 radical (unpaired) electrons. The average Bonchev–Trinajstić information content (AvgIpc) is 3.63. The molecule has 3 aromatic rings. The molecule has 40 heavy (non-hydrogen) atoms. The van der Waals surface area contributed by atoms with Crippen molar-refractivity contribution in [2.24, 2.45) is 10.9 Å². The predicted molar refractivity (Wildman–Crippen MR) is 150 cm³/mol. The second-order valence-corrected chi connectivity index (χ2v) is 10.6. The molecule has 1 saturated carbocycles. The van der Waals surface area contributed by atoms with Crippen LogP contribution in [0.3, 0.4) is 0 Å². The maximum absolute atomic E-state index is 13.6. The lowest BCUT2D eigenvalue weighted by Crippen LogP contribution is -2.30. The van der Waals surface area contributed by atoms with E-state index in [9.17, 15) is 22.8 Å². The lowest BCUT2D eigenvalue weighted by atomic mass is 9.99. The second kappa shape index (κ2) is 11.7. The van der Waals surface area contributed by atoms with Gasteiger partial charge >= 0.3 is 12.2 Å². The SMILES string of the molecule is CN=C(OC(C)=C(C)C)n1cc(-c2cc(C(F)(F)F)ccc2Cl)c(C(=O)Nc2ncc(C#CC3CC3)s2)cc1=O. The van der Waals surface area contributed by atoms with E-state index in [1.165, 1.54) is 19.4 Å². The van der Waals surface area contributed by atoms with E-state index in [2.05, 4.69) is 27.1 Å². The molecule has 4 rings (SSSR count). The number of anilines is 1. The van der Waals surface area contributed by atoms with E-state index in [1.54, 1.807) is 20.8 Å². The van der Waals surface area contributed by atoms with Crippen molar-refractivity contribution in [2.45, 2.75) is 39.8 Å². The highest BCUT2D eigenvalue weighted by Gasteiger charge is 2.32. The number of nitrogens with zero attached hydrogens (tertiary/aromatic N) is 3. The Labute approximate surface area is 237 Å². The number of aromatic nitrogens is 2. The number of pyridine rings is 1. The van der Waals surface area contributed by atoms with Gasteiger partial charge in [-0.15, -0.1) is 0 Å². The lowest BCUT2D eigenvalue weighted by Gasteiger charge is -2.17. The van der Waals surface area contributed by atoms with Gasteiger partial charge in [-0.2, -0.15) is 13.2 Å². The van der Waals surface area contributed by atoms with Crippen LogP contribution in [0.2, 0.25) is 5.02 Å². The molecule has 0 unspecified atom stereocenters. The Morgan fingerprint density at radius 1 is 1.23 bits per heavy atom. The fourth-order valence-corrected chi connectivity index (χ4v) is 4.28. The van der Waals surface area contributed by atoms with Gasteiger partial charge in [-0.25, -0.2) is 14.5 Å². The first-order valence-electron chi connectivity index (χ1n) is 12.1. The first-order chi connectivity index (χ1) is 18.9. The van der Waals surface area contributed by atoms with Gasteiger partial charge < -0.3 is 4.74 Å². The van der Waals surface area contributed by atoms with E-state index < -0.39 is 23.2 Å². The van der Waals surface area contributed by atoms with Gasteiger partial charge in [-0.05, 0) is 57.4 Å². The number of benzene rings is 1. The van der Waals surface area contributed by atoms with Gasteiger partial charge in [0.15, 0.2) is 5.13 Å². The van der Waals surface area contributed by atoms with Gasteiger partial charge in [0.1, 0.15) is 5.76 Å². The van der Waals surface area contributed by atoms with Crippen LogP contribution in [0.15, 0.2) is 57.8 Å². The van der Waals surface area contributed by atoms with Crippen molar-refractivity contribution >= 4 is 40.0 Å². The summed E-state index contributed by atoms with van der Waals surface area (Å²) in [5.41, 5.74) is -1.23. The Morgan fingerprint density at radius 2 is 1.95 bits per heavy atom. The number of hydrogen-bond donors (Lipinski definition) is 1. The van der Waals surface area contributed by atoms with E-state index in [0.29, 0.717) is 16.6 Å². The topological polar surface area (TPSA) is 85.6 Å². The minimum Gasteiger partial charge on any atom is -0.430 e. The van der Waals surface area contributed by atoms with Gasteiger partial charge in [0.25, 0.3) is 11.5 Å². The van der Waals surface area contributed by atoms with Gasteiger partial charge in [0.2, 0.25) is 0 Å². The number of hydrogen-bond acceptors (Lipinski definition) is 6. The number of alkyl halides is 3. The number of rotatable bonds is 4. The summed E-state index contributed by atoms with van der Waals surface area (Å²) in [5, 5.41) is 2.77. The minimum atomic E-state index is -4.67. The number of amides is 1. The Balaban J connectivity index is 1.82. The molecule has 1 amide bonds. The molecule has 12 heteroatoms. The van der Waals surface area contributed by atoms with Crippen LogP contribution in [0.1, 0.15) is 54.4 Å². The summed E-state index contributed by atoms with van der Waals surface area (Å²) >= 11 is 7.48. The molecule has 1 aliphatic carbocycles. The number of halogens is 4. The zero-order chi connectivity index (χ0) is 29.2. The van der Waals surface area contributed by atoms with E-state index >= 15 is 0 Å². The third-order valence-electron chi connectivity index (χ3n) is 5.93. The van der Waals surface area contributed by atoms with Crippen LogP contribution in [0, 0.1) is 17.8 Å². The molecule has 0 saturated heterocycles. The van der Waals surface area contributed by atoms with Crippen molar-refractivity contribution < 1.29 is 22.7 Å². The third kappa shape index (κ3) is 6.81. The Morgan fingerprint density at radius 3 is 2.58 bits per heavy atom. The van der Waals surface area contributed by atoms with Gasteiger partial charge in [0, 0.05) is 41.4 Å². The molecule has 2 heterocycles. The smallest absolute Gasteiger partial charge is 0.416 e. The van der Waals surface area contributed by atoms with E-state index in [-0.39, 0.29) is 32.9 Å². The number of ether oxygens (including phenoxy) is 1. The molecular weight excluding hydrogens is 565 g/mol. The van der Waals surface area contributed by atoms with Crippen LogP contribution in [0.5, 0.6) is 0 Å². The highest BCUT2D eigenvalue weighted by molar-refractivity contribution is 7.16. The maximum atomic E-state index is 13.6. The highest BCUT2D eigenvalue weighted by Crippen LogP contribution is 2.37. The largest absolute Gasteiger partial charge is 0.430 e. The van der Waals surface area contributed by atoms with E-state index in [4.69, 9.17) is 16.3 Å². The Kier molecular flexibility index (Phi) is 8.51. The molecule has 208 valence electrons. The molecule has 7 nitrogen and oxygen atoms in total. The lowest BCUT2D eigenvalue weighted by molar-refractivity contribution is -0.137. The summed E-state index contributed by atoms with van der Waals surface area (Å²) in [6, 6.07) is 3.60. The number of allylic oxidation sites excluding steroid dienone is 2. The number of nitrogens with one attached hydrogen (secondary N) is 1. The third-order valence-corrected chi connectivity index (χ3v) is 7.09. The van der Waals surface area contributed by atoms with Gasteiger partial charge in [-0.1, -0.05) is 34.8 Å². The van der Waals surface area contributed by atoms with Crippen molar-refractivity contribution in [3.8, 4) is 23.0 Å². The summed E-state index contributed by atoms with van der Waals surface area (Å²) in [6.07, 6.45) is 0.157. The van der Waals surface area contributed by atoms with E-state index in [1.807, 2.05) is 0 Å².